The second-order valence-corrected chi connectivity index (χ2v) is 10.0. The third kappa shape index (κ3) is 5.64. The second-order valence-electron chi connectivity index (χ2n) is 10.0. The predicted molar refractivity (Wildman–Crippen MR) is 134 cm³/mol. The summed E-state index contributed by atoms with van der Waals surface area (Å²) >= 11 is 0. The largest absolute Gasteiger partial charge is 0.462 e. The molecule has 0 aliphatic heterocycles. The Balaban J connectivity index is 0.000000393. The maximum atomic E-state index is 11.9. The quantitative estimate of drug-likeness (QED) is 0.198. The van der Waals surface area contributed by atoms with Crippen molar-refractivity contribution in [2.24, 2.45) is 27.8 Å². The van der Waals surface area contributed by atoms with Gasteiger partial charge in [-0.25, -0.2) is 0 Å². The van der Waals surface area contributed by atoms with E-state index in [1.807, 2.05) is 26.8 Å². The minimum absolute atomic E-state index is 0.0618. The summed E-state index contributed by atoms with van der Waals surface area (Å²) in [6.07, 6.45) is 14.0. The van der Waals surface area contributed by atoms with Gasteiger partial charge in [0.1, 0.15) is 6.10 Å². The minimum atomic E-state index is -0.167. The lowest BCUT2D eigenvalue weighted by molar-refractivity contribution is -0.155. The first-order valence-electron chi connectivity index (χ1n) is 12.8. The minimum Gasteiger partial charge on any atom is -0.462 e. The molecule has 0 radical (unpaired) electrons. The summed E-state index contributed by atoms with van der Waals surface area (Å²) in [5.41, 5.74) is 3.13. The molecule has 0 aromatic carbocycles. The number of ether oxygens (including phenoxy) is 1. The van der Waals surface area contributed by atoms with Gasteiger partial charge in [-0.1, -0.05) is 51.8 Å². The molecule has 0 spiro atoms. The van der Waals surface area contributed by atoms with E-state index < -0.39 is 0 Å². The molecule has 0 heterocycles. The monoisotopic (exact) mass is 471 g/mol. The van der Waals surface area contributed by atoms with Crippen LogP contribution in [0, 0.1) is 27.6 Å². The van der Waals surface area contributed by atoms with Crippen LogP contribution in [0.3, 0.4) is 0 Å². The van der Waals surface area contributed by atoms with Gasteiger partial charge in [0.2, 0.25) is 0 Å². The van der Waals surface area contributed by atoms with Gasteiger partial charge in [0.25, 0.3) is 0 Å². The van der Waals surface area contributed by atoms with Gasteiger partial charge in [-0.2, -0.15) is 0 Å². The Morgan fingerprint density at radius 1 is 1.18 bits per heavy atom. The van der Waals surface area contributed by atoms with Gasteiger partial charge in [0.15, 0.2) is 11.6 Å². The van der Waals surface area contributed by atoms with E-state index in [-0.39, 0.29) is 28.7 Å². The Kier molecular flexibility index (Phi) is 9.72. The number of carbonyl (C=O) groups excluding carboxylic acids is 3. The lowest BCUT2D eigenvalue weighted by Gasteiger charge is -2.53. The van der Waals surface area contributed by atoms with Crippen molar-refractivity contribution in [3.63, 3.8) is 0 Å². The van der Waals surface area contributed by atoms with Crippen molar-refractivity contribution >= 4 is 17.5 Å². The van der Waals surface area contributed by atoms with Crippen molar-refractivity contribution in [2.75, 3.05) is 0 Å². The van der Waals surface area contributed by atoms with Crippen LogP contribution in [0.1, 0.15) is 92.9 Å². The number of hydrogen-bond acceptors (Lipinski definition) is 6. The second kappa shape index (κ2) is 11.9. The number of allylic oxidation sites excluding steroid dienone is 5. The smallest absolute Gasteiger partial charge is 0.305 e. The normalized spacial score (nSPS) is 33.5. The van der Waals surface area contributed by atoms with Crippen molar-refractivity contribution in [3.8, 4) is 0 Å². The average Bonchev–Trinajstić information content (AvgIpc) is 3.15. The first-order valence-corrected chi connectivity index (χ1v) is 12.8. The average molecular weight is 472 g/mol. The number of carbonyl (C=O) groups is 3. The Morgan fingerprint density at radius 2 is 1.88 bits per heavy atom. The molecule has 6 nitrogen and oxygen atoms in total. The lowest BCUT2D eigenvalue weighted by atomic mass is 9.52. The van der Waals surface area contributed by atoms with Crippen LogP contribution in [0.15, 0.2) is 40.8 Å². The fraction of sp³-hybridized carbons (Fsp3) is 0.679. The van der Waals surface area contributed by atoms with Crippen LogP contribution >= 0.6 is 0 Å². The van der Waals surface area contributed by atoms with Crippen molar-refractivity contribution in [1.29, 1.82) is 0 Å². The number of esters is 1. The highest BCUT2D eigenvalue weighted by Gasteiger charge is 2.57. The first-order chi connectivity index (χ1) is 16.2. The fourth-order valence-electron chi connectivity index (χ4n) is 6.38. The van der Waals surface area contributed by atoms with E-state index in [1.54, 1.807) is 5.57 Å². The molecule has 34 heavy (non-hydrogen) atoms. The summed E-state index contributed by atoms with van der Waals surface area (Å²) in [6.45, 7) is 11.9. The van der Waals surface area contributed by atoms with Crippen LogP contribution in [-0.4, -0.2) is 23.6 Å². The SMILES string of the molecule is CC.CC(=O)/C=C/N=O.CCC(=O)OC1CCC2C3CCC4=CC(=O)CCC4(C)C3=CCC12C. The Bertz CT molecular complexity index is 885. The van der Waals surface area contributed by atoms with Gasteiger partial charge in [-0.3, -0.25) is 14.4 Å². The van der Waals surface area contributed by atoms with E-state index in [9.17, 15) is 19.3 Å². The highest BCUT2D eigenvalue weighted by Crippen LogP contribution is 2.63. The third-order valence-electron chi connectivity index (χ3n) is 8.18. The topological polar surface area (TPSA) is 89.9 Å². The van der Waals surface area contributed by atoms with Crippen molar-refractivity contribution < 1.29 is 19.1 Å². The molecular weight excluding hydrogens is 430 g/mol. The number of hydrogen-bond donors (Lipinski definition) is 0. The number of nitroso groups, excluding NO2 is 1. The summed E-state index contributed by atoms with van der Waals surface area (Å²) in [6, 6.07) is 0. The Labute approximate surface area is 204 Å². The van der Waals surface area contributed by atoms with Crippen LogP contribution in [0.2, 0.25) is 0 Å². The number of ketones is 2. The van der Waals surface area contributed by atoms with Crippen LogP contribution in [-0.2, 0) is 19.1 Å². The molecule has 4 aliphatic carbocycles. The number of fused-ring (bicyclic) bond motifs is 5. The zero-order valence-corrected chi connectivity index (χ0v) is 21.7. The fourth-order valence-corrected chi connectivity index (χ4v) is 6.38. The molecule has 2 fully saturated rings. The van der Waals surface area contributed by atoms with E-state index in [0.29, 0.717) is 30.5 Å². The van der Waals surface area contributed by atoms with Crippen LogP contribution in [0.5, 0.6) is 0 Å². The van der Waals surface area contributed by atoms with Gasteiger partial charge in [0.05, 0.1) is 6.20 Å². The van der Waals surface area contributed by atoms with Gasteiger partial charge >= 0.3 is 5.97 Å². The molecule has 6 heteroatoms. The van der Waals surface area contributed by atoms with Gasteiger partial charge in [0, 0.05) is 29.7 Å². The molecule has 4 rings (SSSR count). The molecule has 0 aromatic rings. The summed E-state index contributed by atoms with van der Waals surface area (Å²) in [5, 5.41) is 2.32. The zero-order chi connectivity index (χ0) is 25.5. The molecule has 0 aromatic heterocycles. The number of nitrogens with zero attached hydrogens (tertiary/aromatic N) is 1. The molecule has 0 N–H and O–H groups in total. The highest BCUT2D eigenvalue weighted by atomic mass is 16.5. The predicted octanol–water partition coefficient (Wildman–Crippen LogP) is 6.64. The zero-order valence-electron chi connectivity index (χ0n) is 21.7. The molecule has 0 bridgehead atoms. The molecule has 2 saturated carbocycles. The van der Waals surface area contributed by atoms with Crippen molar-refractivity contribution in [2.45, 2.75) is 99.0 Å². The molecule has 188 valence electrons. The van der Waals surface area contributed by atoms with Crippen molar-refractivity contribution in [3.05, 3.63) is 40.5 Å². The van der Waals surface area contributed by atoms with Gasteiger partial charge in [-0.15, -0.1) is 4.91 Å². The van der Waals surface area contributed by atoms with Crippen LogP contribution in [0.25, 0.3) is 0 Å². The molecular formula is C28H41NO5. The number of rotatable bonds is 4. The van der Waals surface area contributed by atoms with E-state index in [1.165, 1.54) is 12.5 Å². The van der Waals surface area contributed by atoms with Gasteiger partial charge in [-0.05, 0) is 68.5 Å². The summed E-state index contributed by atoms with van der Waals surface area (Å²) in [7, 11) is 0. The third-order valence-corrected chi connectivity index (χ3v) is 8.18. The van der Waals surface area contributed by atoms with Crippen molar-refractivity contribution in [1.82, 2.24) is 0 Å². The molecule has 5 unspecified atom stereocenters. The maximum absolute atomic E-state index is 11.9. The standard InChI is InChI=1S/C22H30O3.C4H5NO2.C2H6/c1-4-20(24)25-19-8-7-17-16-6-5-14-13-15(23)9-11-21(14,2)18(16)10-12-22(17,19)3;1-4(6)2-3-5-7;1-2/h10,13,16-17,19H,4-9,11-12H2,1-3H3;2-3H,1H3;1-2H3/b;3-2+;. The summed E-state index contributed by atoms with van der Waals surface area (Å²) < 4.78 is 5.83. The Hall–Kier alpha value is -2.37. The molecule has 5 atom stereocenters. The van der Waals surface area contributed by atoms with E-state index in [2.05, 4.69) is 25.1 Å². The van der Waals surface area contributed by atoms with Gasteiger partial charge < -0.3 is 4.74 Å². The summed E-state index contributed by atoms with van der Waals surface area (Å²) in [5.74, 6) is 1.28. The van der Waals surface area contributed by atoms with Crippen LogP contribution < -0.4 is 0 Å². The first kappa shape index (κ1) is 27.9. The molecule has 0 amide bonds. The maximum Gasteiger partial charge on any atom is 0.305 e. The van der Waals surface area contributed by atoms with E-state index in [4.69, 9.17) is 4.74 Å². The van der Waals surface area contributed by atoms with E-state index >= 15 is 0 Å². The van der Waals surface area contributed by atoms with Crippen LogP contribution in [0.4, 0.5) is 0 Å². The molecule has 4 aliphatic rings. The Morgan fingerprint density at radius 3 is 2.47 bits per heavy atom. The lowest BCUT2D eigenvalue weighted by Crippen LogP contribution is -2.46. The van der Waals surface area contributed by atoms with E-state index in [0.717, 1.165) is 50.8 Å². The highest BCUT2D eigenvalue weighted by molar-refractivity contribution is 5.92. The molecule has 0 saturated heterocycles. The summed E-state index contributed by atoms with van der Waals surface area (Å²) in [4.78, 5) is 42.9.